The molecule has 45 heavy (non-hydrogen) atoms. The van der Waals surface area contributed by atoms with E-state index in [2.05, 4.69) is 149 Å². The van der Waals surface area contributed by atoms with Gasteiger partial charge in [-0.3, -0.25) is 0 Å². The van der Waals surface area contributed by atoms with E-state index in [9.17, 15) is 0 Å². The van der Waals surface area contributed by atoms with Gasteiger partial charge in [-0.2, -0.15) is 0 Å². The molecular weight excluding hydrogens is 543 g/mol. The van der Waals surface area contributed by atoms with Gasteiger partial charge in [0.1, 0.15) is 0 Å². The van der Waals surface area contributed by atoms with Gasteiger partial charge in [0.05, 0.1) is 16.6 Å². The summed E-state index contributed by atoms with van der Waals surface area (Å²) in [5, 5.41) is 13.1. The van der Waals surface area contributed by atoms with Gasteiger partial charge in [0, 0.05) is 49.2 Å². The first-order valence-electron chi connectivity index (χ1n) is 15.8. The first-order chi connectivity index (χ1) is 22.4. The number of fused-ring (bicyclic) bond motifs is 16. The summed E-state index contributed by atoms with van der Waals surface area (Å²) in [5.41, 5.74) is 12.1. The Hall–Kier alpha value is -5.80. The molecule has 0 spiro atoms. The van der Waals surface area contributed by atoms with E-state index < -0.39 is 0 Å². The SMILES string of the molecule is c1cc2c3c(c1)-n1c4c(cc5ccccc5c4c4ccc5ccccc5c41)B3c1cccc3c4ccc5ccccc5c4n-2c13. The lowest BCUT2D eigenvalue weighted by Gasteiger charge is -2.34. The first-order valence-corrected chi connectivity index (χ1v) is 15.8. The fourth-order valence-electron chi connectivity index (χ4n) is 9.18. The predicted octanol–water partition coefficient (Wildman–Crippen LogP) is 8.48. The average molecular weight is 566 g/mol. The van der Waals surface area contributed by atoms with Crippen molar-refractivity contribution in [1.29, 1.82) is 0 Å². The van der Waals surface area contributed by atoms with Gasteiger partial charge in [0.25, 0.3) is 6.71 Å². The second-order valence-electron chi connectivity index (χ2n) is 12.8. The Balaban J connectivity index is 1.38. The van der Waals surface area contributed by atoms with Crippen LogP contribution in [0, 0.1) is 0 Å². The van der Waals surface area contributed by atoms with Crippen LogP contribution in [0.2, 0.25) is 0 Å². The Morgan fingerprint density at radius 1 is 0.356 bits per heavy atom. The van der Waals surface area contributed by atoms with Crippen molar-refractivity contribution in [3.63, 3.8) is 0 Å². The highest BCUT2D eigenvalue weighted by Crippen LogP contribution is 2.43. The van der Waals surface area contributed by atoms with Gasteiger partial charge in [-0.25, -0.2) is 0 Å². The summed E-state index contributed by atoms with van der Waals surface area (Å²) in [7, 11) is 0. The number of para-hydroxylation sites is 1. The van der Waals surface area contributed by atoms with Gasteiger partial charge in [0.2, 0.25) is 0 Å². The maximum atomic E-state index is 2.61. The second-order valence-corrected chi connectivity index (χ2v) is 12.8. The van der Waals surface area contributed by atoms with Crippen molar-refractivity contribution in [2.24, 2.45) is 0 Å². The van der Waals surface area contributed by atoms with Crippen LogP contribution in [0.15, 0.2) is 140 Å². The Morgan fingerprint density at radius 2 is 0.911 bits per heavy atom. The summed E-state index contributed by atoms with van der Waals surface area (Å²) in [6.07, 6.45) is 0. The quantitative estimate of drug-likeness (QED) is 0.163. The molecule has 2 aliphatic heterocycles. The van der Waals surface area contributed by atoms with Crippen molar-refractivity contribution in [2.75, 3.05) is 0 Å². The number of hydrogen-bond donors (Lipinski definition) is 0. The predicted molar refractivity (Wildman–Crippen MR) is 192 cm³/mol. The van der Waals surface area contributed by atoms with Crippen molar-refractivity contribution in [2.45, 2.75) is 0 Å². The van der Waals surface area contributed by atoms with Crippen molar-refractivity contribution in [3.8, 4) is 11.4 Å². The zero-order chi connectivity index (χ0) is 29.0. The molecule has 12 rings (SSSR count). The summed E-state index contributed by atoms with van der Waals surface area (Å²) in [5.74, 6) is 0. The highest BCUT2D eigenvalue weighted by Gasteiger charge is 2.41. The molecule has 0 N–H and O–H groups in total. The molecule has 10 aromatic rings. The molecule has 2 aliphatic rings. The van der Waals surface area contributed by atoms with Gasteiger partial charge in [-0.15, -0.1) is 0 Å². The minimum atomic E-state index is 0.137. The van der Waals surface area contributed by atoms with Gasteiger partial charge >= 0.3 is 0 Å². The zero-order valence-electron chi connectivity index (χ0n) is 24.3. The molecule has 3 heteroatoms. The van der Waals surface area contributed by atoms with Crippen LogP contribution in [0.4, 0.5) is 0 Å². The van der Waals surface area contributed by atoms with Gasteiger partial charge < -0.3 is 9.13 Å². The smallest absolute Gasteiger partial charge is 0.252 e. The lowest BCUT2D eigenvalue weighted by atomic mass is 9.34. The molecule has 0 bridgehead atoms. The molecule has 0 saturated carbocycles. The van der Waals surface area contributed by atoms with E-state index >= 15 is 0 Å². The lowest BCUT2D eigenvalue weighted by molar-refractivity contribution is 1.15. The van der Waals surface area contributed by atoms with E-state index in [-0.39, 0.29) is 6.71 Å². The number of hydrogen-bond acceptors (Lipinski definition) is 0. The molecule has 0 unspecified atom stereocenters. The zero-order valence-corrected chi connectivity index (χ0v) is 24.3. The number of rotatable bonds is 0. The van der Waals surface area contributed by atoms with Crippen molar-refractivity contribution >= 4 is 99.0 Å². The third-order valence-corrected chi connectivity index (χ3v) is 10.8. The summed E-state index contributed by atoms with van der Waals surface area (Å²) >= 11 is 0. The number of nitrogens with zero attached hydrogens (tertiary/aromatic N) is 2. The van der Waals surface area contributed by atoms with Gasteiger partial charge in [-0.1, -0.05) is 127 Å². The van der Waals surface area contributed by atoms with Crippen LogP contribution in [0.3, 0.4) is 0 Å². The Morgan fingerprint density at radius 3 is 1.67 bits per heavy atom. The molecule has 0 atom stereocenters. The largest absolute Gasteiger partial charge is 0.310 e. The van der Waals surface area contributed by atoms with E-state index in [4.69, 9.17) is 0 Å². The van der Waals surface area contributed by atoms with Crippen LogP contribution >= 0.6 is 0 Å². The Kier molecular flexibility index (Phi) is 3.85. The molecule has 204 valence electrons. The summed E-state index contributed by atoms with van der Waals surface area (Å²) in [4.78, 5) is 0. The molecule has 0 saturated heterocycles. The van der Waals surface area contributed by atoms with E-state index in [1.165, 1.54) is 104 Å². The van der Waals surface area contributed by atoms with E-state index in [1.54, 1.807) is 0 Å². The molecule has 0 radical (unpaired) electrons. The molecule has 0 aliphatic carbocycles. The summed E-state index contributed by atoms with van der Waals surface area (Å²) in [6, 6.07) is 52.5. The van der Waals surface area contributed by atoms with Crippen molar-refractivity contribution in [1.82, 2.24) is 9.13 Å². The van der Waals surface area contributed by atoms with Crippen LogP contribution in [0.5, 0.6) is 0 Å². The fourth-order valence-corrected chi connectivity index (χ4v) is 9.18. The van der Waals surface area contributed by atoms with Crippen LogP contribution in [-0.2, 0) is 0 Å². The summed E-state index contributed by atoms with van der Waals surface area (Å²) in [6.45, 7) is 0.137. The Bertz CT molecular complexity index is 2990. The second kappa shape index (κ2) is 7.64. The monoisotopic (exact) mass is 566 g/mol. The molecule has 0 amide bonds. The van der Waals surface area contributed by atoms with Crippen LogP contribution in [-0.4, -0.2) is 15.8 Å². The fraction of sp³-hybridized carbons (Fsp3) is 0. The minimum Gasteiger partial charge on any atom is -0.310 e. The third-order valence-electron chi connectivity index (χ3n) is 10.8. The molecular formula is C42H23BN2. The highest BCUT2D eigenvalue weighted by molar-refractivity contribution is 7.00. The average Bonchev–Trinajstić information content (AvgIpc) is 3.64. The number of aromatic nitrogens is 2. The normalized spacial score (nSPS) is 13.3. The van der Waals surface area contributed by atoms with Crippen molar-refractivity contribution in [3.05, 3.63) is 140 Å². The maximum absolute atomic E-state index is 2.61. The molecule has 0 fully saturated rings. The molecule has 4 heterocycles. The maximum Gasteiger partial charge on any atom is 0.252 e. The lowest BCUT2D eigenvalue weighted by Crippen LogP contribution is -2.59. The molecule has 2 aromatic heterocycles. The van der Waals surface area contributed by atoms with Gasteiger partial charge in [-0.05, 0) is 50.1 Å². The van der Waals surface area contributed by atoms with Crippen LogP contribution in [0.1, 0.15) is 0 Å². The standard InChI is InChI=1S/C42H23BN2/c1-5-13-28-24(9-1)19-21-31-30-15-7-16-33-41(30)44(39(28)31)35-17-8-18-36-38(35)43(33)34-23-26-11-3-4-12-27(26)37-32-22-20-25-10-2-6-14-29(25)40(32)45(36)42(34)37/h1-23H. The molecule has 2 nitrogen and oxygen atoms in total. The minimum absolute atomic E-state index is 0.137. The Labute approximate surface area is 258 Å². The molecule has 8 aromatic carbocycles. The van der Waals surface area contributed by atoms with E-state index in [0.29, 0.717) is 0 Å². The van der Waals surface area contributed by atoms with Crippen LogP contribution in [0.25, 0.3) is 87.3 Å². The number of benzene rings is 8. The van der Waals surface area contributed by atoms with Crippen LogP contribution < -0.4 is 16.4 Å². The first kappa shape index (κ1) is 22.7. The highest BCUT2D eigenvalue weighted by atomic mass is 15.0. The van der Waals surface area contributed by atoms with Crippen molar-refractivity contribution < 1.29 is 0 Å². The van der Waals surface area contributed by atoms with Gasteiger partial charge in [0.15, 0.2) is 0 Å². The van der Waals surface area contributed by atoms with E-state index in [0.717, 1.165) is 0 Å². The third kappa shape index (κ3) is 2.51. The topological polar surface area (TPSA) is 9.86 Å². The van der Waals surface area contributed by atoms with E-state index in [1.807, 2.05) is 0 Å². The summed E-state index contributed by atoms with van der Waals surface area (Å²) < 4.78 is 5.20.